The minimum Gasteiger partial charge on any atom is -0.442 e. The van der Waals surface area contributed by atoms with Crippen molar-refractivity contribution in [2.75, 3.05) is 18.1 Å². The summed E-state index contributed by atoms with van der Waals surface area (Å²) in [5, 5.41) is 16.9. The first-order valence-corrected chi connectivity index (χ1v) is 16.8. The predicted octanol–water partition coefficient (Wildman–Crippen LogP) is 5.12. The fourth-order valence-corrected chi connectivity index (χ4v) is 6.85. The van der Waals surface area contributed by atoms with Crippen LogP contribution >= 0.6 is 0 Å². The number of aromatic nitrogens is 2. The second-order valence-electron chi connectivity index (χ2n) is 13.1. The van der Waals surface area contributed by atoms with E-state index in [1.807, 2.05) is 6.07 Å². The third kappa shape index (κ3) is 6.69. The molecule has 1 aliphatic heterocycles. The molecule has 0 radical (unpaired) electrons. The van der Waals surface area contributed by atoms with Gasteiger partial charge in [0.05, 0.1) is 39.8 Å². The van der Waals surface area contributed by atoms with Gasteiger partial charge in [0.15, 0.2) is 9.84 Å². The van der Waals surface area contributed by atoms with E-state index in [4.69, 9.17) is 4.74 Å². The van der Waals surface area contributed by atoms with Gasteiger partial charge in [-0.15, -0.1) is 0 Å². The molecule has 1 aliphatic carbocycles. The van der Waals surface area contributed by atoms with Crippen molar-refractivity contribution in [3.05, 3.63) is 53.7 Å². The normalized spacial score (nSPS) is 20.9. The van der Waals surface area contributed by atoms with Gasteiger partial charge in [-0.3, -0.25) is 9.59 Å². The number of carbonyl (C=O) groups is 3. The number of nitriles is 1. The van der Waals surface area contributed by atoms with Crippen LogP contribution in [0.25, 0.3) is 10.9 Å². The third-order valence-electron chi connectivity index (χ3n) is 8.58. The maximum Gasteiger partial charge on any atom is 0.435 e. The van der Waals surface area contributed by atoms with Gasteiger partial charge in [0.1, 0.15) is 23.9 Å². The molecule has 3 aromatic rings. The number of nitrogens with zero attached hydrogens (tertiary/aromatic N) is 4. The minimum absolute atomic E-state index is 0.0193. The molecule has 1 saturated carbocycles. The summed E-state index contributed by atoms with van der Waals surface area (Å²) in [6.45, 7) is 4.60. The van der Waals surface area contributed by atoms with Crippen molar-refractivity contribution >= 4 is 44.3 Å². The van der Waals surface area contributed by atoms with Gasteiger partial charge in [-0.2, -0.15) is 15.0 Å². The Hall–Kier alpha value is -4.45. The van der Waals surface area contributed by atoms with Crippen LogP contribution in [0.1, 0.15) is 64.0 Å². The molecule has 2 heterocycles. The zero-order valence-electron chi connectivity index (χ0n) is 26.2. The Kier molecular flexibility index (Phi) is 8.63. The Morgan fingerprint density at radius 3 is 2.28 bits per heavy atom. The third-order valence-corrected chi connectivity index (χ3v) is 9.71. The quantitative estimate of drug-likeness (QED) is 0.392. The fourth-order valence-electron chi connectivity index (χ4n) is 6.22. The van der Waals surface area contributed by atoms with E-state index >= 15 is 0 Å². The monoisotopic (exact) mass is 673 g/mol. The molecule has 2 amide bonds. The molecule has 1 saturated heterocycles. The Bertz CT molecular complexity index is 1890. The van der Waals surface area contributed by atoms with Gasteiger partial charge in [-0.25, -0.2) is 26.4 Å². The van der Waals surface area contributed by atoms with Crippen molar-refractivity contribution in [2.24, 2.45) is 0 Å². The summed E-state index contributed by atoms with van der Waals surface area (Å²) in [6, 6.07) is 8.89. The molecule has 250 valence electrons. The lowest BCUT2D eigenvalue weighted by atomic mass is 9.67. The molecule has 47 heavy (non-hydrogen) atoms. The number of alkyl halides is 3. The molecule has 0 spiro atoms. The van der Waals surface area contributed by atoms with Crippen LogP contribution in [0.4, 0.5) is 23.7 Å². The minimum atomic E-state index is -3.58. The second kappa shape index (κ2) is 12.0. The fraction of sp³-hybridized carbons (Fsp3) is 0.469. The average molecular weight is 674 g/mol. The van der Waals surface area contributed by atoms with E-state index in [9.17, 15) is 41.2 Å². The summed E-state index contributed by atoms with van der Waals surface area (Å²) < 4.78 is 74.1. The van der Waals surface area contributed by atoms with Gasteiger partial charge in [-0.1, -0.05) is 12.1 Å². The number of anilines is 1. The lowest BCUT2D eigenvalue weighted by molar-refractivity contribution is -0.146. The van der Waals surface area contributed by atoms with Crippen LogP contribution in [0.15, 0.2) is 47.5 Å². The van der Waals surface area contributed by atoms with Crippen molar-refractivity contribution in [1.29, 1.82) is 5.26 Å². The number of amides is 2. The highest BCUT2D eigenvalue weighted by Gasteiger charge is 2.53. The number of rotatable bonds is 5. The van der Waals surface area contributed by atoms with E-state index in [1.54, 1.807) is 20.8 Å². The highest BCUT2D eigenvalue weighted by atomic mass is 32.2. The molecule has 11 nitrogen and oxygen atoms in total. The van der Waals surface area contributed by atoms with Crippen LogP contribution in [0, 0.1) is 11.3 Å². The van der Waals surface area contributed by atoms with Crippen LogP contribution in [-0.2, 0) is 29.6 Å². The standard InChI is InChI=1S/C32H34F3N5O6S/c1-30(2,3)46-29(43)40-25-10-9-24(22(16-36)23(25)17-37-40)38-27(41)26-15-20(33)18-39(26)28(42)31(11-13-32(34,35)14-12-31)19-5-7-21(8-6-19)47(4,44)45/h5-10,17,20,26H,11-15,18H2,1-4H3,(H,38,41)/t20-,26-/m1/s1. The highest BCUT2D eigenvalue weighted by Crippen LogP contribution is 2.47. The van der Waals surface area contributed by atoms with E-state index in [0.29, 0.717) is 5.56 Å². The lowest BCUT2D eigenvalue weighted by Crippen LogP contribution is -2.54. The molecule has 0 unspecified atom stereocenters. The summed E-state index contributed by atoms with van der Waals surface area (Å²) in [5.41, 5.74) is -1.81. The number of hydrogen-bond acceptors (Lipinski definition) is 8. The molecule has 0 bridgehead atoms. The van der Waals surface area contributed by atoms with Gasteiger partial charge in [-0.05, 0) is 63.4 Å². The Balaban J connectivity index is 1.45. The Morgan fingerprint density at radius 1 is 1.06 bits per heavy atom. The summed E-state index contributed by atoms with van der Waals surface area (Å²) in [4.78, 5) is 41.6. The molecular formula is C32H34F3N5O6S. The van der Waals surface area contributed by atoms with Gasteiger partial charge >= 0.3 is 6.09 Å². The van der Waals surface area contributed by atoms with E-state index in [0.717, 1.165) is 15.8 Å². The van der Waals surface area contributed by atoms with Gasteiger partial charge in [0, 0.05) is 30.9 Å². The summed E-state index contributed by atoms with van der Waals surface area (Å²) in [5.74, 6) is -4.53. The number of hydrogen-bond donors (Lipinski definition) is 1. The van der Waals surface area contributed by atoms with Gasteiger partial charge < -0.3 is 15.0 Å². The van der Waals surface area contributed by atoms with E-state index in [-0.39, 0.29) is 46.3 Å². The topological polar surface area (TPSA) is 151 Å². The Morgan fingerprint density at radius 2 is 1.70 bits per heavy atom. The van der Waals surface area contributed by atoms with Gasteiger partial charge in [0.2, 0.25) is 17.7 Å². The molecule has 1 N–H and O–H groups in total. The number of carbonyl (C=O) groups excluding carboxylic acids is 3. The first kappa shape index (κ1) is 33.9. The Labute approximate surface area is 269 Å². The number of halogens is 3. The van der Waals surface area contributed by atoms with Crippen molar-refractivity contribution in [3.8, 4) is 6.07 Å². The average Bonchev–Trinajstić information content (AvgIpc) is 3.60. The molecule has 5 rings (SSSR count). The van der Waals surface area contributed by atoms with E-state index < -0.39 is 76.3 Å². The summed E-state index contributed by atoms with van der Waals surface area (Å²) >= 11 is 0. The number of fused-ring (bicyclic) bond motifs is 1. The van der Waals surface area contributed by atoms with Crippen LogP contribution in [0.2, 0.25) is 0 Å². The van der Waals surface area contributed by atoms with Crippen molar-refractivity contribution in [3.63, 3.8) is 0 Å². The first-order valence-electron chi connectivity index (χ1n) is 14.9. The largest absolute Gasteiger partial charge is 0.442 e. The molecule has 2 atom stereocenters. The van der Waals surface area contributed by atoms with Crippen LogP contribution < -0.4 is 5.32 Å². The smallest absolute Gasteiger partial charge is 0.435 e. The van der Waals surface area contributed by atoms with Crippen molar-refractivity contribution < 1.29 is 40.7 Å². The first-order chi connectivity index (χ1) is 21.8. The highest BCUT2D eigenvalue weighted by molar-refractivity contribution is 7.90. The SMILES string of the molecule is CC(C)(C)OC(=O)n1ncc2c(C#N)c(NC(=O)[C@H]3C[C@@H](F)CN3C(=O)C3(c4ccc(S(C)(=O)=O)cc4)CCC(F)(F)CC3)ccc21. The van der Waals surface area contributed by atoms with E-state index in [2.05, 4.69) is 10.4 Å². The number of likely N-dealkylation sites (tertiary alicyclic amines) is 1. The van der Waals surface area contributed by atoms with Crippen molar-refractivity contribution in [1.82, 2.24) is 14.7 Å². The molecular weight excluding hydrogens is 639 g/mol. The number of sulfone groups is 1. The number of ether oxygens (including phenoxy) is 1. The second-order valence-corrected chi connectivity index (χ2v) is 15.1. The molecule has 1 aromatic heterocycles. The van der Waals surface area contributed by atoms with E-state index in [1.165, 1.54) is 42.6 Å². The predicted molar refractivity (Wildman–Crippen MR) is 164 cm³/mol. The van der Waals surface area contributed by atoms with Crippen LogP contribution in [0.5, 0.6) is 0 Å². The van der Waals surface area contributed by atoms with Gasteiger partial charge in [0.25, 0.3) is 0 Å². The number of nitrogens with one attached hydrogen (secondary N) is 1. The molecule has 2 fully saturated rings. The maximum atomic E-state index is 15.0. The molecule has 15 heteroatoms. The zero-order valence-corrected chi connectivity index (χ0v) is 27.0. The van der Waals surface area contributed by atoms with Crippen LogP contribution in [0.3, 0.4) is 0 Å². The van der Waals surface area contributed by atoms with Crippen LogP contribution in [-0.4, -0.2) is 77.5 Å². The van der Waals surface area contributed by atoms with Crippen molar-refractivity contribution in [2.45, 2.75) is 86.9 Å². The number of benzene rings is 2. The lowest BCUT2D eigenvalue weighted by Gasteiger charge is -2.42. The zero-order chi connectivity index (χ0) is 34.5. The summed E-state index contributed by atoms with van der Waals surface area (Å²) in [7, 11) is -3.58. The molecule has 2 aromatic carbocycles. The molecule has 2 aliphatic rings. The summed E-state index contributed by atoms with van der Waals surface area (Å²) in [6.07, 6.45) is -2.28. The maximum absolute atomic E-state index is 15.0.